The summed E-state index contributed by atoms with van der Waals surface area (Å²) in [7, 11) is 1.64. The number of hydrogen-bond donors (Lipinski definition) is 1. The van der Waals surface area contributed by atoms with Crippen molar-refractivity contribution in [2.75, 3.05) is 7.11 Å². The zero-order chi connectivity index (χ0) is 14.5. The average Bonchev–Trinajstić information content (AvgIpc) is 2.48. The predicted octanol–water partition coefficient (Wildman–Crippen LogP) is 3.49. The highest BCUT2D eigenvalue weighted by atomic mass is 16.5. The Hall–Kier alpha value is -2.29. The standard InChI is InChI=1S/C17H19NO2/c1-12-9-10-16(20-3)15(11-12)13(2)18-17(19)14-7-5-4-6-8-14/h4-11,13H,1-3H3,(H,18,19)/t13-/m1/s1. The molecule has 1 amide bonds. The quantitative estimate of drug-likeness (QED) is 0.922. The van der Waals surface area contributed by atoms with Gasteiger partial charge in [0.15, 0.2) is 0 Å². The van der Waals surface area contributed by atoms with Crippen molar-refractivity contribution in [1.82, 2.24) is 5.32 Å². The number of nitrogens with one attached hydrogen (secondary N) is 1. The molecule has 0 radical (unpaired) electrons. The fourth-order valence-electron chi connectivity index (χ4n) is 2.14. The van der Waals surface area contributed by atoms with Crippen molar-refractivity contribution in [3.63, 3.8) is 0 Å². The van der Waals surface area contributed by atoms with Crippen molar-refractivity contribution in [2.24, 2.45) is 0 Å². The van der Waals surface area contributed by atoms with Crippen LogP contribution in [0.1, 0.15) is 34.5 Å². The zero-order valence-corrected chi connectivity index (χ0v) is 12.0. The van der Waals surface area contributed by atoms with Gasteiger partial charge < -0.3 is 10.1 Å². The Morgan fingerprint density at radius 1 is 1.15 bits per heavy atom. The summed E-state index contributed by atoms with van der Waals surface area (Å²) < 4.78 is 5.36. The van der Waals surface area contributed by atoms with Gasteiger partial charge >= 0.3 is 0 Å². The van der Waals surface area contributed by atoms with E-state index in [1.807, 2.05) is 50.2 Å². The van der Waals surface area contributed by atoms with Gasteiger partial charge in [0.05, 0.1) is 13.2 Å². The number of methoxy groups -OCH3 is 1. The summed E-state index contributed by atoms with van der Waals surface area (Å²) in [6, 6.07) is 15.0. The first-order valence-corrected chi connectivity index (χ1v) is 6.62. The van der Waals surface area contributed by atoms with Crippen molar-refractivity contribution in [2.45, 2.75) is 19.9 Å². The summed E-state index contributed by atoms with van der Waals surface area (Å²) in [5.41, 5.74) is 2.78. The van der Waals surface area contributed by atoms with E-state index in [4.69, 9.17) is 4.74 Å². The molecule has 0 spiro atoms. The molecule has 0 aliphatic rings. The normalized spacial score (nSPS) is 11.8. The van der Waals surface area contributed by atoms with Gasteiger partial charge in [-0.3, -0.25) is 4.79 Å². The lowest BCUT2D eigenvalue weighted by Crippen LogP contribution is -2.26. The number of benzene rings is 2. The summed E-state index contributed by atoms with van der Waals surface area (Å²) in [4.78, 5) is 12.2. The van der Waals surface area contributed by atoms with Crippen molar-refractivity contribution < 1.29 is 9.53 Å². The fraction of sp³-hybridized carbons (Fsp3) is 0.235. The second-order valence-electron chi connectivity index (χ2n) is 4.81. The number of ether oxygens (including phenoxy) is 1. The van der Waals surface area contributed by atoms with Crippen LogP contribution in [0.5, 0.6) is 5.75 Å². The molecule has 20 heavy (non-hydrogen) atoms. The molecule has 3 nitrogen and oxygen atoms in total. The van der Waals surface area contributed by atoms with Gasteiger partial charge in [-0.15, -0.1) is 0 Å². The molecule has 0 bridgehead atoms. The fourth-order valence-corrected chi connectivity index (χ4v) is 2.14. The molecule has 0 saturated heterocycles. The maximum absolute atomic E-state index is 12.2. The van der Waals surface area contributed by atoms with Crippen LogP contribution < -0.4 is 10.1 Å². The van der Waals surface area contributed by atoms with Gasteiger partial charge in [-0.2, -0.15) is 0 Å². The molecule has 1 atom stereocenters. The van der Waals surface area contributed by atoms with Crippen LogP contribution in [-0.2, 0) is 0 Å². The lowest BCUT2D eigenvalue weighted by molar-refractivity contribution is 0.0939. The number of rotatable bonds is 4. The molecular weight excluding hydrogens is 250 g/mol. The van der Waals surface area contributed by atoms with Gasteiger partial charge in [0.1, 0.15) is 5.75 Å². The third kappa shape index (κ3) is 3.18. The summed E-state index contributed by atoms with van der Waals surface area (Å²) in [6.07, 6.45) is 0. The summed E-state index contributed by atoms with van der Waals surface area (Å²) in [5, 5.41) is 3.00. The van der Waals surface area contributed by atoms with E-state index in [1.165, 1.54) is 0 Å². The Morgan fingerprint density at radius 2 is 1.85 bits per heavy atom. The van der Waals surface area contributed by atoms with Crippen LogP contribution >= 0.6 is 0 Å². The molecule has 0 unspecified atom stereocenters. The second kappa shape index (κ2) is 6.24. The number of hydrogen-bond acceptors (Lipinski definition) is 2. The Labute approximate surface area is 119 Å². The van der Waals surface area contributed by atoms with Crippen molar-refractivity contribution >= 4 is 5.91 Å². The predicted molar refractivity (Wildman–Crippen MR) is 80.1 cm³/mol. The molecule has 0 fully saturated rings. The van der Waals surface area contributed by atoms with E-state index >= 15 is 0 Å². The van der Waals surface area contributed by atoms with Crippen molar-refractivity contribution in [3.8, 4) is 5.75 Å². The molecular formula is C17H19NO2. The van der Waals surface area contributed by atoms with E-state index in [0.717, 1.165) is 16.9 Å². The monoisotopic (exact) mass is 269 g/mol. The minimum atomic E-state index is -0.113. The molecule has 0 aliphatic carbocycles. The molecule has 2 aromatic carbocycles. The third-order valence-corrected chi connectivity index (χ3v) is 3.24. The molecule has 0 aromatic heterocycles. The van der Waals surface area contributed by atoms with Crippen molar-refractivity contribution in [3.05, 3.63) is 65.2 Å². The first-order valence-electron chi connectivity index (χ1n) is 6.62. The second-order valence-corrected chi connectivity index (χ2v) is 4.81. The van der Waals surface area contributed by atoms with Gasteiger partial charge in [0.25, 0.3) is 5.91 Å². The van der Waals surface area contributed by atoms with E-state index in [-0.39, 0.29) is 11.9 Å². The SMILES string of the molecule is COc1ccc(C)cc1[C@@H](C)NC(=O)c1ccccc1. The average molecular weight is 269 g/mol. The van der Waals surface area contributed by atoms with Gasteiger partial charge in [-0.1, -0.05) is 35.9 Å². The van der Waals surface area contributed by atoms with Crippen LogP contribution in [-0.4, -0.2) is 13.0 Å². The lowest BCUT2D eigenvalue weighted by Gasteiger charge is -2.18. The number of aryl methyl sites for hydroxylation is 1. The van der Waals surface area contributed by atoms with Gasteiger partial charge in [0, 0.05) is 11.1 Å². The summed E-state index contributed by atoms with van der Waals surface area (Å²) in [5.74, 6) is 0.707. The highest BCUT2D eigenvalue weighted by molar-refractivity contribution is 5.94. The number of carbonyl (C=O) groups excluding carboxylic acids is 1. The minimum Gasteiger partial charge on any atom is -0.496 e. The largest absolute Gasteiger partial charge is 0.496 e. The van der Waals surface area contributed by atoms with Gasteiger partial charge in [-0.25, -0.2) is 0 Å². The zero-order valence-electron chi connectivity index (χ0n) is 12.0. The third-order valence-electron chi connectivity index (χ3n) is 3.24. The first-order chi connectivity index (χ1) is 9.61. The van der Waals surface area contributed by atoms with Gasteiger partial charge in [-0.05, 0) is 32.0 Å². The maximum Gasteiger partial charge on any atom is 0.251 e. The Morgan fingerprint density at radius 3 is 2.50 bits per heavy atom. The van der Waals surface area contributed by atoms with Crippen LogP contribution in [0.4, 0.5) is 0 Å². The summed E-state index contributed by atoms with van der Waals surface area (Å²) >= 11 is 0. The smallest absolute Gasteiger partial charge is 0.251 e. The van der Waals surface area contributed by atoms with Crippen LogP contribution in [0, 0.1) is 6.92 Å². The molecule has 0 saturated carbocycles. The molecule has 0 aliphatic heterocycles. The van der Waals surface area contributed by atoms with Crippen LogP contribution in [0.2, 0.25) is 0 Å². The van der Waals surface area contributed by atoms with Crippen LogP contribution in [0.15, 0.2) is 48.5 Å². The van der Waals surface area contributed by atoms with E-state index < -0.39 is 0 Å². The number of amides is 1. The first kappa shape index (κ1) is 14.1. The maximum atomic E-state index is 12.2. The molecule has 0 heterocycles. The molecule has 2 rings (SSSR count). The van der Waals surface area contributed by atoms with E-state index in [1.54, 1.807) is 19.2 Å². The topological polar surface area (TPSA) is 38.3 Å². The van der Waals surface area contributed by atoms with E-state index in [0.29, 0.717) is 5.56 Å². The highest BCUT2D eigenvalue weighted by Gasteiger charge is 2.15. The van der Waals surface area contributed by atoms with E-state index in [2.05, 4.69) is 5.32 Å². The van der Waals surface area contributed by atoms with Crippen LogP contribution in [0.25, 0.3) is 0 Å². The summed E-state index contributed by atoms with van der Waals surface area (Å²) in [6.45, 7) is 3.98. The lowest BCUT2D eigenvalue weighted by atomic mass is 10.0. The van der Waals surface area contributed by atoms with Crippen LogP contribution in [0.3, 0.4) is 0 Å². The Kier molecular flexibility index (Phi) is 4.41. The van der Waals surface area contributed by atoms with E-state index in [9.17, 15) is 4.79 Å². The minimum absolute atomic E-state index is 0.0818. The Bertz CT molecular complexity index is 593. The molecule has 3 heteroatoms. The Balaban J connectivity index is 2.18. The number of carbonyl (C=O) groups is 1. The highest BCUT2D eigenvalue weighted by Crippen LogP contribution is 2.26. The molecule has 104 valence electrons. The molecule has 2 aromatic rings. The molecule has 1 N–H and O–H groups in total. The van der Waals surface area contributed by atoms with Crippen molar-refractivity contribution in [1.29, 1.82) is 0 Å². The van der Waals surface area contributed by atoms with Gasteiger partial charge in [0.2, 0.25) is 0 Å².